The van der Waals surface area contributed by atoms with E-state index in [0.29, 0.717) is 19.7 Å². The average molecular weight is 222 g/mol. The van der Waals surface area contributed by atoms with Crippen molar-refractivity contribution in [2.75, 3.05) is 26.0 Å². The van der Waals surface area contributed by atoms with Crippen LogP contribution in [0.4, 0.5) is 0 Å². The van der Waals surface area contributed by atoms with Gasteiger partial charge < -0.3 is 10.1 Å². The smallest absolute Gasteiger partial charge is 0.208 e. The first-order chi connectivity index (χ1) is 6.29. The molecule has 0 amide bonds. The maximum absolute atomic E-state index is 10.8. The molecule has 0 bridgehead atoms. The van der Waals surface area contributed by atoms with Gasteiger partial charge in [0.15, 0.2) is 0 Å². The molecule has 0 aromatic heterocycles. The number of nitrogens with one attached hydrogen (secondary N) is 2. The molecular formula is C8H18N2O3S. The topological polar surface area (TPSA) is 67.4 Å². The van der Waals surface area contributed by atoms with Crippen LogP contribution >= 0.6 is 0 Å². The van der Waals surface area contributed by atoms with Gasteiger partial charge in [0.05, 0.1) is 19.0 Å². The molecule has 0 aliphatic carbocycles. The number of rotatable bonds is 3. The maximum Gasteiger partial charge on any atom is 0.208 e. The first-order valence-corrected chi connectivity index (χ1v) is 6.49. The van der Waals surface area contributed by atoms with E-state index in [1.807, 2.05) is 13.8 Å². The number of sulfonamides is 1. The molecule has 1 unspecified atom stereocenters. The molecule has 1 atom stereocenters. The first kappa shape index (κ1) is 11.9. The number of ether oxygens (including phenoxy) is 1. The van der Waals surface area contributed by atoms with E-state index in [4.69, 9.17) is 4.74 Å². The summed E-state index contributed by atoms with van der Waals surface area (Å²) in [7, 11) is -3.11. The van der Waals surface area contributed by atoms with Crippen molar-refractivity contribution >= 4 is 10.0 Å². The van der Waals surface area contributed by atoms with Crippen molar-refractivity contribution < 1.29 is 13.2 Å². The van der Waals surface area contributed by atoms with Crippen molar-refractivity contribution in [2.24, 2.45) is 0 Å². The van der Waals surface area contributed by atoms with Crippen LogP contribution in [-0.2, 0) is 14.8 Å². The predicted octanol–water partition coefficient (Wildman–Crippen LogP) is -0.697. The second-order valence-corrected chi connectivity index (χ2v) is 6.15. The summed E-state index contributed by atoms with van der Waals surface area (Å²) in [6.45, 7) is 5.71. The van der Waals surface area contributed by atoms with E-state index in [-0.39, 0.29) is 11.6 Å². The molecule has 1 fully saturated rings. The second-order valence-electron chi connectivity index (χ2n) is 4.32. The average Bonchev–Trinajstić information content (AvgIpc) is 2.01. The second kappa shape index (κ2) is 4.14. The molecular weight excluding hydrogens is 204 g/mol. The quantitative estimate of drug-likeness (QED) is 0.663. The third kappa shape index (κ3) is 4.36. The Bertz CT molecular complexity index is 277. The molecule has 0 aromatic carbocycles. The monoisotopic (exact) mass is 222 g/mol. The lowest BCUT2D eigenvalue weighted by Gasteiger charge is -2.35. The van der Waals surface area contributed by atoms with Gasteiger partial charge in [0.1, 0.15) is 0 Å². The molecule has 2 N–H and O–H groups in total. The molecule has 0 radical (unpaired) electrons. The minimum atomic E-state index is -3.11. The molecule has 1 rings (SSSR count). The molecule has 1 saturated heterocycles. The Labute approximate surface area is 85.3 Å². The van der Waals surface area contributed by atoms with Crippen molar-refractivity contribution in [3.05, 3.63) is 0 Å². The van der Waals surface area contributed by atoms with Crippen molar-refractivity contribution in [2.45, 2.75) is 25.5 Å². The summed E-state index contributed by atoms with van der Waals surface area (Å²) in [6.07, 6.45) is 1.07. The normalized spacial score (nSPS) is 27.5. The SMILES string of the molecule is CC1(C)COC(CNS(C)(=O)=O)CN1. The van der Waals surface area contributed by atoms with Crippen LogP contribution < -0.4 is 10.0 Å². The maximum atomic E-state index is 10.8. The highest BCUT2D eigenvalue weighted by Crippen LogP contribution is 2.10. The van der Waals surface area contributed by atoms with Crippen LogP contribution in [-0.4, -0.2) is 46.0 Å². The largest absolute Gasteiger partial charge is 0.374 e. The summed E-state index contributed by atoms with van der Waals surface area (Å²) in [5.74, 6) is 0. The van der Waals surface area contributed by atoms with Gasteiger partial charge in [0.25, 0.3) is 0 Å². The number of hydrogen-bond donors (Lipinski definition) is 2. The first-order valence-electron chi connectivity index (χ1n) is 4.60. The summed E-state index contributed by atoms with van der Waals surface area (Å²) >= 11 is 0. The van der Waals surface area contributed by atoms with Crippen molar-refractivity contribution in [1.29, 1.82) is 0 Å². The molecule has 6 heteroatoms. The zero-order valence-corrected chi connectivity index (χ0v) is 9.65. The predicted molar refractivity (Wildman–Crippen MR) is 54.7 cm³/mol. The third-order valence-corrected chi connectivity index (χ3v) is 2.75. The zero-order chi connectivity index (χ0) is 10.8. The van der Waals surface area contributed by atoms with Crippen LogP contribution in [0.2, 0.25) is 0 Å². The molecule has 1 heterocycles. The molecule has 1 aliphatic rings. The molecule has 0 saturated carbocycles. The van der Waals surface area contributed by atoms with Gasteiger partial charge in [-0.3, -0.25) is 0 Å². The molecule has 0 aromatic rings. The fourth-order valence-electron chi connectivity index (χ4n) is 1.20. The Hall–Kier alpha value is -0.170. The van der Waals surface area contributed by atoms with E-state index in [1.54, 1.807) is 0 Å². The van der Waals surface area contributed by atoms with Crippen molar-refractivity contribution in [1.82, 2.24) is 10.0 Å². The third-order valence-electron chi connectivity index (χ3n) is 2.06. The van der Waals surface area contributed by atoms with Crippen LogP contribution in [0.5, 0.6) is 0 Å². The minimum Gasteiger partial charge on any atom is -0.374 e. The van der Waals surface area contributed by atoms with Crippen LogP contribution in [0, 0.1) is 0 Å². The summed E-state index contributed by atoms with van der Waals surface area (Å²) in [6, 6.07) is 0. The zero-order valence-electron chi connectivity index (χ0n) is 8.83. The Morgan fingerprint density at radius 2 is 2.21 bits per heavy atom. The Balaban J connectivity index is 2.30. The lowest BCUT2D eigenvalue weighted by Crippen LogP contribution is -2.55. The van der Waals surface area contributed by atoms with Crippen LogP contribution in [0.3, 0.4) is 0 Å². The lowest BCUT2D eigenvalue weighted by atomic mass is 10.0. The molecule has 5 nitrogen and oxygen atoms in total. The van der Waals surface area contributed by atoms with E-state index >= 15 is 0 Å². The Morgan fingerprint density at radius 1 is 1.57 bits per heavy atom. The molecule has 14 heavy (non-hydrogen) atoms. The summed E-state index contributed by atoms with van der Waals surface area (Å²) in [5.41, 5.74) is -0.0123. The molecule has 84 valence electrons. The summed E-state index contributed by atoms with van der Waals surface area (Å²) < 4.78 is 29.6. The standard InChI is InChI=1S/C8H18N2O3S/c1-8(2)6-13-7(4-9-8)5-10-14(3,11)12/h7,9-10H,4-6H2,1-3H3. The highest BCUT2D eigenvalue weighted by Gasteiger charge is 2.26. The van der Waals surface area contributed by atoms with E-state index in [2.05, 4.69) is 10.0 Å². The van der Waals surface area contributed by atoms with Gasteiger partial charge in [-0.25, -0.2) is 13.1 Å². The van der Waals surface area contributed by atoms with Crippen LogP contribution in [0.15, 0.2) is 0 Å². The minimum absolute atomic E-state index is 0.0123. The van der Waals surface area contributed by atoms with Gasteiger partial charge in [0.2, 0.25) is 10.0 Å². The van der Waals surface area contributed by atoms with E-state index in [1.165, 1.54) is 0 Å². The van der Waals surface area contributed by atoms with Crippen molar-refractivity contribution in [3.63, 3.8) is 0 Å². The number of morpholine rings is 1. The Morgan fingerprint density at radius 3 is 2.64 bits per heavy atom. The van der Waals surface area contributed by atoms with E-state index < -0.39 is 10.0 Å². The lowest BCUT2D eigenvalue weighted by molar-refractivity contribution is -0.0178. The van der Waals surface area contributed by atoms with E-state index in [0.717, 1.165) is 6.26 Å². The van der Waals surface area contributed by atoms with Crippen LogP contribution in [0.1, 0.15) is 13.8 Å². The number of hydrogen-bond acceptors (Lipinski definition) is 4. The highest BCUT2D eigenvalue weighted by molar-refractivity contribution is 7.88. The fourth-order valence-corrected chi connectivity index (χ4v) is 1.69. The molecule has 1 aliphatic heterocycles. The fraction of sp³-hybridized carbons (Fsp3) is 1.00. The highest BCUT2D eigenvalue weighted by atomic mass is 32.2. The van der Waals surface area contributed by atoms with E-state index in [9.17, 15) is 8.42 Å². The van der Waals surface area contributed by atoms with Gasteiger partial charge in [-0.05, 0) is 13.8 Å². The molecule has 0 spiro atoms. The van der Waals surface area contributed by atoms with Crippen LogP contribution in [0.25, 0.3) is 0 Å². The van der Waals surface area contributed by atoms with Gasteiger partial charge in [-0.15, -0.1) is 0 Å². The van der Waals surface area contributed by atoms with Gasteiger partial charge >= 0.3 is 0 Å². The van der Waals surface area contributed by atoms with Crippen molar-refractivity contribution in [3.8, 4) is 0 Å². The van der Waals surface area contributed by atoms with Gasteiger partial charge in [-0.2, -0.15) is 0 Å². The Kier molecular flexibility index (Phi) is 3.52. The summed E-state index contributed by atoms with van der Waals surface area (Å²) in [4.78, 5) is 0. The van der Waals surface area contributed by atoms with Gasteiger partial charge in [0, 0.05) is 18.6 Å². The van der Waals surface area contributed by atoms with Gasteiger partial charge in [-0.1, -0.05) is 0 Å². The summed E-state index contributed by atoms with van der Waals surface area (Å²) in [5, 5.41) is 3.28.